The highest BCUT2D eigenvalue weighted by atomic mass is 32.2. The molecule has 0 N–H and O–H groups in total. The van der Waals surface area contributed by atoms with Crippen molar-refractivity contribution in [3.63, 3.8) is 0 Å². The highest BCUT2D eigenvalue weighted by Gasteiger charge is 2.27. The Kier molecular flexibility index (Phi) is 2.67. The molecule has 0 aliphatic carbocycles. The van der Waals surface area contributed by atoms with Crippen LogP contribution in [0.1, 0.15) is 0 Å². The van der Waals surface area contributed by atoms with E-state index >= 15 is 0 Å². The van der Waals surface area contributed by atoms with Crippen LogP contribution in [0.2, 0.25) is 0 Å². The van der Waals surface area contributed by atoms with E-state index in [4.69, 9.17) is 17.0 Å². The molecule has 0 saturated carbocycles. The van der Waals surface area contributed by atoms with Crippen molar-refractivity contribution in [2.24, 2.45) is 5.92 Å². The van der Waals surface area contributed by atoms with Crippen molar-refractivity contribution in [2.75, 3.05) is 6.61 Å². The Morgan fingerprint density at radius 3 is 2.73 bits per heavy atom. The highest BCUT2D eigenvalue weighted by Crippen LogP contribution is 2.15. The molecule has 0 aromatic rings. The second-order valence-electron chi connectivity index (χ2n) is 1.95. The Morgan fingerprint density at radius 1 is 1.45 bits per heavy atom. The van der Waals surface area contributed by atoms with Crippen molar-refractivity contribution >= 4 is 11.4 Å². The average molecular weight is 170 g/mol. The fourth-order valence-electron chi connectivity index (χ4n) is 0.675. The summed E-state index contributed by atoms with van der Waals surface area (Å²) < 4.78 is 19.9. The molecule has 4 heteroatoms. The van der Waals surface area contributed by atoms with Crippen LogP contribution in [0, 0.1) is 30.6 Å². The molecule has 58 valence electrons. The first-order valence-electron chi connectivity index (χ1n) is 2.92. The van der Waals surface area contributed by atoms with Gasteiger partial charge in [0, 0.05) is 0 Å². The molecule has 0 aromatic heterocycles. The molecule has 0 aromatic carbocycles. The maximum atomic E-state index is 10.6. The predicted molar refractivity (Wildman–Crippen MR) is 40.1 cm³/mol. The van der Waals surface area contributed by atoms with Crippen LogP contribution < -0.4 is 0 Å². The fourth-order valence-corrected chi connectivity index (χ4v) is 1.35. The van der Waals surface area contributed by atoms with Crippen LogP contribution >= 0.6 is 0 Å². The molecule has 0 bridgehead atoms. The fraction of sp³-hybridized carbons (Fsp3) is 0.429. The summed E-state index contributed by atoms with van der Waals surface area (Å²) in [4.78, 5) is 0. The second-order valence-corrected chi connectivity index (χ2v) is 2.78. The van der Waals surface area contributed by atoms with Gasteiger partial charge in [0.1, 0.15) is 0 Å². The molecular weight excluding hydrogens is 164 g/mol. The van der Waals surface area contributed by atoms with Gasteiger partial charge in [-0.2, -0.15) is 4.21 Å². The molecular formula is C7H6O3S. The first kappa shape index (κ1) is 8.29. The van der Waals surface area contributed by atoms with Gasteiger partial charge in [-0.05, 0) is 0 Å². The normalized spacial score (nSPS) is 37.1. The number of hydrogen-bond donors (Lipinski definition) is 0. The summed E-state index contributed by atoms with van der Waals surface area (Å²) >= 11 is -1.73. The van der Waals surface area contributed by atoms with E-state index in [-0.39, 0.29) is 12.5 Å². The average Bonchev–Trinajstić information content (AvgIpc) is 2.04. The lowest BCUT2D eigenvalue weighted by molar-refractivity contribution is 0.114. The van der Waals surface area contributed by atoms with Gasteiger partial charge in [-0.15, -0.1) is 12.8 Å². The van der Waals surface area contributed by atoms with Crippen LogP contribution in [0.4, 0.5) is 0 Å². The zero-order valence-electron chi connectivity index (χ0n) is 5.65. The Labute approximate surface area is 67.9 Å². The van der Waals surface area contributed by atoms with Crippen molar-refractivity contribution in [3.8, 4) is 24.7 Å². The second kappa shape index (κ2) is 3.54. The summed E-state index contributed by atoms with van der Waals surface area (Å²) in [5, 5.41) is 0. The lowest BCUT2D eigenvalue weighted by Gasteiger charge is -2.21. The maximum absolute atomic E-state index is 10.6. The van der Waals surface area contributed by atoms with E-state index < -0.39 is 17.5 Å². The van der Waals surface area contributed by atoms with E-state index in [1.807, 2.05) is 0 Å². The van der Waals surface area contributed by atoms with E-state index in [2.05, 4.69) is 16.0 Å². The van der Waals surface area contributed by atoms with Crippen molar-refractivity contribution in [1.82, 2.24) is 0 Å². The minimum Gasteiger partial charge on any atom is -0.267 e. The van der Waals surface area contributed by atoms with E-state index in [0.29, 0.717) is 0 Å². The van der Waals surface area contributed by atoms with Gasteiger partial charge in [-0.25, -0.2) is 0 Å². The Bertz CT molecular complexity index is 247. The van der Waals surface area contributed by atoms with Gasteiger partial charge in [0.25, 0.3) is 0 Å². The van der Waals surface area contributed by atoms with Crippen LogP contribution in [-0.4, -0.2) is 16.9 Å². The molecule has 3 nitrogen and oxygen atoms in total. The van der Waals surface area contributed by atoms with Gasteiger partial charge in [0.05, 0.1) is 12.5 Å². The van der Waals surface area contributed by atoms with Crippen LogP contribution in [-0.2, 0) is 19.7 Å². The van der Waals surface area contributed by atoms with Crippen LogP contribution in [0.5, 0.6) is 0 Å². The number of terminal acetylenes is 2. The molecule has 0 radical (unpaired) electrons. The molecule has 1 aliphatic heterocycles. The molecule has 11 heavy (non-hydrogen) atoms. The van der Waals surface area contributed by atoms with Crippen molar-refractivity contribution in [3.05, 3.63) is 0 Å². The minimum absolute atomic E-state index is 0.192. The number of hydrogen-bond acceptors (Lipinski definition) is 3. The third-order valence-electron chi connectivity index (χ3n) is 1.27. The maximum Gasteiger partial charge on any atom is 0.305 e. The Hall–Kier alpha value is -0.810. The van der Waals surface area contributed by atoms with Crippen LogP contribution in [0.3, 0.4) is 0 Å². The lowest BCUT2D eigenvalue weighted by atomic mass is 10.1. The molecule has 1 aliphatic rings. The standard InChI is InChI=1S/C7H6O3S/c1-3-6-5-9-11(8)10-7(6)4-2/h1-2,6-7H,5H2. The molecule has 1 fully saturated rings. The summed E-state index contributed by atoms with van der Waals surface area (Å²) in [6.07, 6.45) is 9.59. The zero-order valence-corrected chi connectivity index (χ0v) is 6.47. The first-order valence-corrected chi connectivity index (χ1v) is 3.92. The van der Waals surface area contributed by atoms with Gasteiger partial charge in [0.15, 0.2) is 6.10 Å². The van der Waals surface area contributed by atoms with Gasteiger partial charge in [-0.3, -0.25) is 8.37 Å². The van der Waals surface area contributed by atoms with Gasteiger partial charge < -0.3 is 0 Å². The first-order chi connectivity index (χ1) is 5.27. The topological polar surface area (TPSA) is 35.5 Å². The smallest absolute Gasteiger partial charge is 0.267 e. The van der Waals surface area contributed by atoms with Gasteiger partial charge >= 0.3 is 11.4 Å². The summed E-state index contributed by atoms with van der Waals surface area (Å²) in [5.74, 6) is 4.40. The highest BCUT2D eigenvalue weighted by molar-refractivity contribution is 7.75. The predicted octanol–water partition coefficient (Wildman–Crippen LogP) is -0.137. The third kappa shape index (κ3) is 1.81. The molecule has 1 heterocycles. The third-order valence-corrected chi connectivity index (χ3v) is 1.96. The zero-order chi connectivity index (χ0) is 8.27. The molecule has 3 unspecified atom stereocenters. The Balaban J connectivity index is 2.66. The van der Waals surface area contributed by atoms with Gasteiger partial charge in [0.2, 0.25) is 0 Å². The largest absolute Gasteiger partial charge is 0.305 e. The van der Waals surface area contributed by atoms with E-state index in [0.717, 1.165) is 0 Å². The van der Waals surface area contributed by atoms with E-state index in [9.17, 15) is 4.21 Å². The van der Waals surface area contributed by atoms with Crippen LogP contribution in [0.25, 0.3) is 0 Å². The monoisotopic (exact) mass is 170 g/mol. The van der Waals surface area contributed by atoms with Crippen LogP contribution in [0.15, 0.2) is 0 Å². The molecule has 0 spiro atoms. The lowest BCUT2D eigenvalue weighted by Crippen LogP contribution is -2.32. The summed E-state index contributed by atoms with van der Waals surface area (Å²) in [6, 6.07) is 0. The van der Waals surface area contributed by atoms with E-state index in [1.165, 1.54) is 0 Å². The molecule has 3 atom stereocenters. The van der Waals surface area contributed by atoms with Gasteiger partial charge in [-0.1, -0.05) is 11.8 Å². The van der Waals surface area contributed by atoms with Crippen molar-refractivity contribution in [1.29, 1.82) is 0 Å². The Morgan fingerprint density at radius 2 is 2.18 bits per heavy atom. The summed E-state index contributed by atoms with van der Waals surface area (Å²) in [7, 11) is 0. The summed E-state index contributed by atoms with van der Waals surface area (Å²) in [6.45, 7) is 0.192. The van der Waals surface area contributed by atoms with E-state index in [1.54, 1.807) is 0 Å². The summed E-state index contributed by atoms with van der Waals surface area (Å²) in [5.41, 5.74) is 0. The van der Waals surface area contributed by atoms with Crippen molar-refractivity contribution in [2.45, 2.75) is 6.10 Å². The van der Waals surface area contributed by atoms with Crippen molar-refractivity contribution < 1.29 is 12.6 Å². The molecule has 1 rings (SSSR count). The quantitative estimate of drug-likeness (QED) is 0.475. The number of rotatable bonds is 0. The molecule has 0 amide bonds. The molecule has 1 saturated heterocycles. The minimum atomic E-state index is -1.73. The SMILES string of the molecule is C#CC1COS(=O)OC1C#C.